The summed E-state index contributed by atoms with van der Waals surface area (Å²) < 4.78 is 0. The molecule has 1 saturated carbocycles. The molecule has 1 aliphatic heterocycles. The quantitative estimate of drug-likeness (QED) is 0.897. The van der Waals surface area contributed by atoms with Crippen LogP contribution in [-0.2, 0) is 0 Å². The first kappa shape index (κ1) is 15.1. The van der Waals surface area contributed by atoms with E-state index in [0.717, 1.165) is 30.8 Å². The van der Waals surface area contributed by atoms with Crippen LogP contribution in [0.3, 0.4) is 0 Å². The molecule has 1 amide bonds. The number of nitrogens with one attached hydrogen (secondary N) is 2. The zero-order valence-electron chi connectivity index (χ0n) is 13.7. The average molecular weight is 327 g/mol. The van der Waals surface area contributed by atoms with Gasteiger partial charge in [0, 0.05) is 30.6 Å². The number of aromatic amines is 2. The number of amides is 1. The second-order valence-corrected chi connectivity index (χ2v) is 6.80. The summed E-state index contributed by atoms with van der Waals surface area (Å²) in [6.45, 7) is 3.21. The molecule has 4 rings (SSSR count). The van der Waals surface area contributed by atoms with Gasteiger partial charge in [0.1, 0.15) is 5.82 Å². The van der Waals surface area contributed by atoms with E-state index in [1.54, 1.807) is 0 Å². The van der Waals surface area contributed by atoms with Crippen LogP contribution in [0.5, 0.6) is 0 Å². The number of aromatic nitrogens is 4. The summed E-state index contributed by atoms with van der Waals surface area (Å²) in [7, 11) is 0. The summed E-state index contributed by atoms with van der Waals surface area (Å²) in [5.41, 5.74) is 2.29. The van der Waals surface area contributed by atoms with Gasteiger partial charge in [-0.3, -0.25) is 14.8 Å². The van der Waals surface area contributed by atoms with E-state index < -0.39 is 0 Å². The fourth-order valence-corrected chi connectivity index (χ4v) is 3.44. The SMILES string of the molecule is Cc1nc(C2CC2)ccc1C(=O)N1CCCC(c2n[nH]c(=O)[nH]2)C1. The van der Waals surface area contributed by atoms with Gasteiger partial charge in [-0.15, -0.1) is 0 Å². The number of rotatable bonds is 3. The maximum Gasteiger partial charge on any atom is 0.340 e. The van der Waals surface area contributed by atoms with Crippen molar-refractivity contribution in [3.8, 4) is 0 Å². The highest BCUT2D eigenvalue weighted by atomic mass is 16.2. The summed E-state index contributed by atoms with van der Waals surface area (Å²) in [5, 5.41) is 6.42. The Morgan fingerprint density at radius 3 is 2.75 bits per heavy atom. The standard InChI is InChI=1S/C17H21N5O2/c1-10-13(6-7-14(18-10)11-4-5-11)16(23)22-8-2-3-12(9-22)15-19-17(24)21-20-15/h6-7,11-12H,2-5,8-9H2,1H3,(H2,19,20,21,24). The zero-order chi connectivity index (χ0) is 16.7. The van der Waals surface area contributed by atoms with E-state index in [2.05, 4.69) is 20.2 Å². The molecule has 0 aromatic carbocycles. The second-order valence-electron chi connectivity index (χ2n) is 6.80. The highest BCUT2D eigenvalue weighted by Gasteiger charge is 2.29. The molecule has 2 aliphatic rings. The average Bonchev–Trinajstić information content (AvgIpc) is 3.35. The number of likely N-dealkylation sites (tertiary alicyclic amines) is 1. The van der Waals surface area contributed by atoms with Crippen molar-refractivity contribution in [2.75, 3.05) is 13.1 Å². The number of nitrogens with zero attached hydrogens (tertiary/aromatic N) is 3. The number of hydrogen-bond acceptors (Lipinski definition) is 4. The number of hydrogen-bond donors (Lipinski definition) is 2. The van der Waals surface area contributed by atoms with Crippen molar-refractivity contribution in [3.05, 3.63) is 45.4 Å². The topological polar surface area (TPSA) is 94.7 Å². The van der Waals surface area contributed by atoms with E-state index in [9.17, 15) is 9.59 Å². The molecule has 1 aliphatic carbocycles. The van der Waals surface area contributed by atoms with Crippen molar-refractivity contribution in [2.45, 2.75) is 44.4 Å². The number of carbonyl (C=O) groups excluding carboxylic acids is 1. The maximum absolute atomic E-state index is 12.9. The minimum absolute atomic E-state index is 0.0185. The first-order chi connectivity index (χ1) is 11.6. The fourth-order valence-electron chi connectivity index (χ4n) is 3.44. The van der Waals surface area contributed by atoms with Crippen LogP contribution in [0.4, 0.5) is 0 Å². The molecule has 1 atom stereocenters. The fraction of sp³-hybridized carbons (Fsp3) is 0.529. The maximum atomic E-state index is 12.9. The highest BCUT2D eigenvalue weighted by molar-refractivity contribution is 5.95. The summed E-state index contributed by atoms with van der Waals surface area (Å²) in [6, 6.07) is 3.91. The Balaban J connectivity index is 1.52. The molecule has 1 unspecified atom stereocenters. The van der Waals surface area contributed by atoms with Crippen molar-refractivity contribution in [1.29, 1.82) is 0 Å². The van der Waals surface area contributed by atoms with Gasteiger partial charge >= 0.3 is 5.69 Å². The van der Waals surface area contributed by atoms with Crippen molar-refractivity contribution >= 4 is 5.91 Å². The molecule has 3 heterocycles. The molecule has 0 bridgehead atoms. The molecule has 24 heavy (non-hydrogen) atoms. The summed E-state index contributed by atoms with van der Waals surface area (Å²) in [4.78, 5) is 33.3. The van der Waals surface area contributed by atoms with Crippen LogP contribution in [-0.4, -0.2) is 44.1 Å². The predicted octanol–water partition coefficient (Wildman–Crippen LogP) is 1.70. The third-order valence-corrected chi connectivity index (χ3v) is 4.95. The smallest absolute Gasteiger partial charge is 0.338 e. The van der Waals surface area contributed by atoms with E-state index in [1.807, 2.05) is 24.0 Å². The normalized spacial score (nSPS) is 21.0. The molecule has 2 N–H and O–H groups in total. The third-order valence-electron chi connectivity index (χ3n) is 4.95. The third kappa shape index (κ3) is 2.86. The van der Waals surface area contributed by atoms with Gasteiger partial charge in [0.25, 0.3) is 5.91 Å². The minimum Gasteiger partial charge on any atom is -0.338 e. The van der Waals surface area contributed by atoms with Crippen molar-refractivity contribution in [3.63, 3.8) is 0 Å². The van der Waals surface area contributed by atoms with Gasteiger partial charge < -0.3 is 4.90 Å². The molecular formula is C17H21N5O2. The van der Waals surface area contributed by atoms with E-state index in [0.29, 0.717) is 23.9 Å². The molecule has 2 aromatic heterocycles. The molecule has 7 heteroatoms. The van der Waals surface area contributed by atoms with Gasteiger partial charge in [0.2, 0.25) is 0 Å². The Kier molecular flexibility index (Phi) is 3.70. The Labute approximate surface area is 139 Å². The minimum atomic E-state index is -0.302. The zero-order valence-corrected chi connectivity index (χ0v) is 13.7. The molecule has 2 fully saturated rings. The first-order valence-corrected chi connectivity index (χ1v) is 8.53. The van der Waals surface area contributed by atoms with E-state index in [4.69, 9.17) is 0 Å². The predicted molar refractivity (Wildman–Crippen MR) is 88.0 cm³/mol. The molecule has 0 radical (unpaired) electrons. The van der Waals surface area contributed by atoms with Gasteiger partial charge in [-0.1, -0.05) is 0 Å². The lowest BCUT2D eigenvalue weighted by molar-refractivity contribution is 0.0703. The number of pyridine rings is 1. The monoisotopic (exact) mass is 327 g/mol. The van der Waals surface area contributed by atoms with Crippen molar-refractivity contribution in [2.24, 2.45) is 0 Å². The first-order valence-electron chi connectivity index (χ1n) is 8.53. The molecular weight excluding hydrogens is 306 g/mol. The highest BCUT2D eigenvalue weighted by Crippen LogP contribution is 2.39. The van der Waals surface area contributed by atoms with Crippen LogP contribution in [0, 0.1) is 6.92 Å². The number of aryl methyl sites for hydroxylation is 1. The number of H-pyrrole nitrogens is 2. The Bertz CT molecular complexity index is 820. The lowest BCUT2D eigenvalue weighted by atomic mass is 9.96. The van der Waals surface area contributed by atoms with Crippen molar-refractivity contribution in [1.82, 2.24) is 25.1 Å². The van der Waals surface area contributed by atoms with E-state index in [-0.39, 0.29) is 17.5 Å². The van der Waals surface area contributed by atoms with Gasteiger partial charge in [-0.05, 0) is 44.7 Å². The van der Waals surface area contributed by atoms with Crippen LogP contribution >= 0.6 is 0 Å². The Morgan fingerprint density at radius 1 is 1.25 bits per heavy atom. The molecule has 1 saturated heterocycles. The lowest BCUT2D eigenvalue weighted by Gasteiger charge is -2.32. The molecule has 2 aromatic rings. The van der Waals surface area contributed by atoms with Crippen LogP contribution in [0.1, 0.15) is 65.1 Å². The largest absolute Gasteiger partial charge is 0.340 e. The molecule has 0 spiro atoms. The van der Waals surface area contributed by atoms with E-state index >= 15 is 0 Å². The lowest BCUT2D eigenvalue weighted by Crippen LogP contribution is -2.39. The second kappa shape index (κ2) is 5.89. The van der Waals surface area contributed by atoms with E-state index in [1.165, 1.54) is 12.8 Å². The Morgan fingerprint density at radius 2 is 2.08 bits per heavy atom. The van der Waals surface area contributed by atoms with Crippen LogP contribution in [0.2, 0.25) is 0 Å². The van der Waals surface area contributed by atoms with Crippen molar-refractivity contribution < 1.29 is 4.79 Å². The van der Waals surface area contributed by atoms with Gasteiger partial charge in [0.05, 0.1) is 11.3 Å². The van der Waals surface area contributed by atoms with Crippen LogP contribution in [0.15, 0.2) is 16.9 Å². The molecule has 7 nitrogen and oxygen atoms in total. The number of piperidine rings is 1. The van der Waals surface area contributed by atoms with Crippen LogP contribution < -0.4 is 5.69 Å². The van der Waals surface area contributed by atoms with Gasteiger partial charge in [-0.2, -0.15) is 5.10 Å². The molecule has 126 valence electrons. The number of carbonyl (C=O) groups is 1. The van der Waals surface area contributed by atoms with Crippen LogP contribution in [0.25, 0.3) is 0 Å². The summed E-state index contributed by atoms with van der Waals surface area (Å²) in [5.74, 6) is 1.31. The van der Waals surface area contributed by atoms with Gasteiger partial charge in [-0.25, -0.2) is 9.89 Å². The summed E-state index contributed by atoms with van der Waals surface area (Å²) >= 11 is 0. The van der Waals surface area contributed by atoms with Gasteiger partial charge in [0.15, 0.2) is 0 Å². The summed E-state index contributed by atoms with van der Waals surface area (Å²) in [6.07, 6.45) is 4.23. The Hall–Kier alpha value is -2.44.